The summed E-state index contributed by atoms with van der Waals surface area (Å²) < 4.78 is 0. The average Bonchev–Trinajstić information content (AvgIpc) is 2.41. The summed E-state index contributed by atoms with van der Waals surface area (Å²) in [5.41, 5.74) is 7.95. The maximum atomic E-state index is 11.2. The molecule has 0 fully saturated rings. The summed E-state index contributed by atoms with van der Waals surface area (Å²) in [5, 5.41) is 0.545. The van der Waals surface area contributed by atoms with Gasteiger partial charge in [0.25, 0.3) is 0 Å². The van der Waals surface area contributed by atoms with E-state index in [0.717, 1.165) is 17.5 Å². The first-order valence-corrected chi connectivity index (χ1v) is 4.18. The molecule has 2 rings (SSSR count). The number of Topliss-reactive ketones (excluding diaryl/α,β-unsaturated/α-hetero) is 1. The van der Waals surface area contributed by atoms with Gasteiger partial charge in [-0.15, -0.1) is 0 Å². The Kier molecular flexibility index (Phi) is 1.58. The lowest BCUT2D eigenvalue weighted by atomic mass is 10.1. The second-order valence-corrected chi connectivity index (χ2v) is 3.32. The van der Waals surface area contributed by atoms with Gasteiger partial charge in [0.2, 0.25) is 0 Å². The molecule has 2 N–H and O–H groups in total. The number of hydrogen-bond acceptors (Lipinski definition) is 2. The molecule has 0 spiro atoms. The Balaban J connectivity index is 2.68. The number of carbonyl (C=O) groups is 1. The van der Waals surface area contributed by atoms with E-state index in [1.807, 2.05) is 0 Å². The van der Waals surface area contributed by atoms with Crippen molar-refractivity contribution in [1.29, 1.82) is 0 Å². The van der Waals surface area contributed by atoms with E-state index in [4.69, 9.17) is 17.3 Å². The van der Waals surface area contributed by atoms with Crippen molar-refractivity contribution >= 4 is 23.1 Å². The first-order chi connectivity index (χ1) is 5.70. The second kappa shape index (κ2) is 2.49. The van der Waals surface area contributed by atoms with Gasteiger partial charge >= 0.3 is 0 Å². The van der Waals surface area contributed by atoms with Crippen LogP contribution in [-0.2, 0) is 6.42 Å². The van der Waals surface area contributed by atoms with Gasteiger partial charge in [0.1, 0.15) is 0 Å². The van der Waals surface area contributed by atoms with Crippen LogP contribution in [0.25, 0.3) is 0 Å². The lowest BCUT2D eigenvalue weighted by molar-refractivity contribution is 0.0994. The molecule has 0 bridgehead atoms. The fraction of sp³-hybridized carbons (Fsp3) is 0.222. The van der Waals surface area contributed by atoms with Crippen LogP contribution < -0.4 is 5.73 Å². The van der Waals surface area contributed by atoms with Crippen molar-refractivity contribution in [2.45, 2.75) is 12.8 Å². The molecular weight excluding hydrogens is 174 g/mol. The average molecular weight is 182 g/mol. The summed E-state index contributed by atoms with van der Waals surface area (Å²) in [7, 11) is 0. The van der Waals surface area contributed by atoms with Crippen molar-refractivity contribution in [1.82, 2.24) is 0 Å². The van der Waals surface area contributed by atoms with Crippen LogP contribution in [0.1, 0.15) is 22.3 Å². The Morgan fingerprint density at radius 2 is 2.08 bits per heavy atom. The second-order valence-electron chi connectivity index (χ2n) is 2.91. The highest BCUT2D eigenvalue weighted by molar-refractivity contribution is 6.33. The van der Waals surface area contributed by atoms with Crippen molar-refractivity contribution in [2.24, 2.45) is 0 Å². The molecule has 12 heavy (non-hydrogen) atoms. The third-order valence-corrected chi connectivity index (χ3v) is 2.54. The molecule has 1 aliphatic carbocycles. The van der Waals surface area contributed by atoms with Gasteiger partial charge < -0.3 is 5.73 Å². The lowest BCUT2D eigenvalue weighted by Gasteiger charge is -2.03. The van der Waals surface area contributed by atoms with Crippen LogP contribution >= 0.6 is 11.6 Å². The SMILES string of the molecule is Nc1c(Cl)ccc2c1CCC2=O. The maximum absolute atomic E-state index is 11.2. The third-order valence-electron chi connectivity index (χ3n) is 2.21. The summed E-state index contributed by atoms with van der Waals surface area (Å²) in [6, 6.07) is 3.43. The monoisotopic (exact) mass is 181 g/mol. The molecule has 1 aliphatic rings. The normalized spacial score (nSPS) is 14.9. The van der Waals surface area contributed by atoms with Gasteiger partial charge in [-0.2, -0.15) is 0 Å². The van der Waals surface area contributed by atoms with E-state index in [9.17, 15) is 4.79 Å². The molecule has 0 saturated carbocycles. The minimum absolute atomic E-state index is 0.174. The van der Waals surface area contributed by atoms with Gasteiger partial charge in [0.05, 0.1) is 10.7 Å². The van der Waals surface area contributed by atoms with E-state index in [1.54, 1.807) is 12.1 Å². The fourth-order valence-electron chi connectivity index (χ4n) is 1.54. The molecule has 1 aromatic carbocycles. The number of ketones is 1. The summed E-state index contributed by atoms with van der Waals surface area (Å²) >= 11 is 5.80. The molecule has 2 nitrogen and oxygen atoms in total. The van der Waals surface area contributed by atoms with Crippen LogP contribution in [0.15, 0.2) is 12.1 Å². The number of carbonyl (C=O) groups excluding carboxylic acids is 1. The van der Waals surface area contributed by atoms with Gasteiger partial charge in [0, 0.05) is 12.0 Å². The van der Waals surface area contributed by atoms with Crippen LogP contribution in [0.3, 0.4) is 0 Å². The van der Waals surface area contributed by atoms with Crippen molar-refractivity contribution in [2.75, 3.05) is 5.73 Å². The number of fused-ring (bicyclic) bond motifs is 1. The number of halogens is 1. The summed E-state index contributed by atoms with van der Waals surface area (Å²) in [6.45, 7) is 0. The summed E-state index contributed by atoms with van der Waals surface area (Å²) in [5.74, 6) is 0.174. The van der Waals surface area contributed by atoms with Crippen LogP contribution in [-0.4, -0.2) is 5.78 Å². The number of nitrogen functional groups attached to an aromatic ring is 1. The molecule has 1 aromatic rings. The van der Waals surface area contributed by atoms with Crippen molar-refractivity contribution in [3.05, 3.63) is 28.3 Å². The van der Waals surface area contributed by atoms with Crippen molar-refractivity contribution in [3.63, 3.8) is 0 Å². The maximum Gasteiger partial charge on any atom is 0.163 e. The largest absolute Gasteiger partial charge is 0.397 e. The van der Waals surface area contributed by atoms with Crippen molar-refractivity contribution in [3.8, 4) is 0 Å². The van der Waals surface area contributed by atoms with E-state index in [1.165, 1.54) is 0 Å². The Labute approximate surface area is 75.3 Å². The van der Waals surface area contributed by atoms with Crippen LogP contribution in [0.4, 0.5) is 5.69 Å². The van der Waals surface area contributed by atoms with Crippen molar-refractivity contribution < 1.29 is 4.79 Å². The van der Waals surface area contributed by atoms with Crippen LogP contribution in [0.5, 0.6) is 0 Å². The van der Waals surface area contributed by atoms with Gasteiger partial charge in [-0.25, -0.2) is 0 Å². The molecule has 0 saturated heterocycles. The molecule has 0 radical (unpaired) electrons. The number of rotatable bonds is 0. The van der Waals surface area contributed by atoms with E-state index in [-0.39, 0.29) is 5.78 Å². The van der Waals surface area contributed by atoms with E-state index in [0.29, 0.717) is 17.1 Å². The fourth-order valence-corrected chi connectivity index (χ4v) is 1.72. The highest BCUT2D eigenvalue weighted by Crippen LogP contribution is 2.31. The molecule has 0 aromatic heterocycles. The Bertz CT molecular complexity index is 360. The quantitative estimate of drug-likeness (QED) is 0.623. The third kappa shape index (κ3) is 0.916. The van der Waals surface area contributed by atoms with Crippen LogP contribution in [0, 0.1) is 0 Å². The molecule has 0 unspecified atom stereocenters. The Morgan fingerprint density at radius 3 is 2.83 bits per heavy atom. The predicted molar refractivity (Wildman–Crippen MR) is 48.5 cm³/mol. The van der Waals surface area contributed by atoms with Gasteiger partial charge in [-0.3, -0.25) is 4.79 Å². The molecular formula is C9H8ClNO. The first kappa shape index (κ1) is 7.62. The highest BCUT2D eigenvalue weighted by atomic mass is 35.5. The molecule has 0 heterocycles. The summed E-state index contributed by atoms with van der Waals surface area (Å²) in [4.78, 5) is 11.2. The molecule has 0 aliphatic heterocycles. The topological polar surface area (TPSA) is 43.1 Å². The van der Waals surface area contributed by atoms with Gasteiger partial charge in [-0.1, -0.05) is 11.6 Å². The molecule has 0 atom stereocenters. The zero-order valence-corrected chi connectivity index (χ0v) is 7.19. The van der Waals surface area contributed by atoms with Crippen LogP contribution in [0.2, 0.25) is 5.02 Å². The van der Waals surface area contributed by atoms with E-state index in [2.05, 4.69) is 0 Å². The minimum atomic E-state index is 0.174. The smallest absolute Gasteiger partial charge is 0.163 e. The number of benzene rings is 1. The molecule has 3 heteroatoms. The predicted octanol–water partition coefficient (Wildman–Crippen LogP) is 2.05. The highest BCUT2D eigenvalue weighted by Gasteiger charge is 2.22. The number of hydrogen-bond donors (Lipinski definition) is 1. The lowest BCUT2D eigenvalue weighted by Crippen LogP contribution is -1.96. The summed E-state index contributed by atoms with van der Waals surface area (Å²) in [6.07, 6.45) is 1.31. The Morgan fingerprint density at radius 1 is 1.33 bits per heavy atom. The zero-order valence-electron chi connectivity index (χ0n) is 6.43. The minimum Gasteiger partial charge on any atom is -0.397 e. The van der Waals surface area contributed by atoms with Gasteiger partial charge in [0.15, 0.2) is 5.78 Å². The van der Waals surface area contributed by atoms with E-state index >= 15 is 0 Å². The van der Waals surface area contributed by atoms with E-state index < -0.39 is 0 Å². The standard InChI is InChI=1S/C9H8ClNO/c10-7-3-1-5-6(9(7)11)2-4-8(5)12/h1,3H,2,4,11H2. The van der Waals surface area contributed by atoms with Gasteiger partial charge in [-0.05, 0) is 24.1 Å². The zero-order chi connectivity index (χ0) is 8.72. The molecule has 62 valence electrons. The Hall–Kier alpha value is -1.02. The number of anilines is 1. The molecule has 0 amide bonds. The number of nitrogens with two attached hydrogens (primary N) is 1. The first-order valence-electron chi connectivity index (χ1n) is 3.80.